The molecule has 2 nitrogen and oxygen atoms in total. The fourth-order valence-electron chi connectivity index (χ4n) is 1.22. The molecule has 2 heteroatoms. The van der Waals surface area contributed by atoms with Crippen molar-refractivity contribution in [3.05, 3.63) is 25.6 Å². The van der Waals surface area contributed by atoms with E-state index in [0.29, 0.717) is 11.8 Å². The van der Waals surface area contributed by atoms with Gasteiger partial charge >= 0.3 is 0 Å². The maximum absolute atomic E-state index is 4.27. The summed E-state index contributed by atoms with van der Waals surface area (Å²) in [5.74, 6) is 0.711. The van der Waals surface area contributed by atoms with Crippen molar-refractivity contribution in [1.29, 1.82) is 0 Å². The molecular formula is C12H20N2. The lowest BCUT2D eigenvalue weighted by Crippen LogP contribution is -2.24. The fraction of sp³-hybridized carbons (Fsp3) is 0.500. The van der Waals surface area contributed by atoms with Gasteiger partial charge in [0, 0.05) is 12.4 Å². The Bertz CT molecular complexity index is 229. The zero-order chi connectivity index (χ0) is 11.1. The van der Waals surface area contributed by atoms with E-state index in [2.05, 4.69) is 50.8 Å². The van der Waals surface area contributed by atoms with Crippen LogP contribution in [0.2, 0.25) is 0 Å². The van der Waals surface area contributed by atoms with Crippen LogP contribution in [-0.2, 0) is 0 Å². The van der Waals surface area contributed by atoms with Crippen LogP contribution in [0.1, 0.15) is 27.7 Å². The summed E-state index contributed by atoms with van der Waals surface area (Å²) >= 11 is 0. The van der Waals surface area contributed by atoms with E-state index in [1.165, 1.54) is 0 Å². The molecule has 0 aliphatic heterocycles. The van der Waals surface area contributed by atoms with Gasteiger partial charge in [-0.25, -0.2) is 0 Å². The Balaban J connectivity index is 5.13. The zero-order valence-electron chi connectivity index (χ0n) is 9.62. The highest BCUT2D eigenvalue weighted by Crippen LogP contribution is 2.08. The number of hydrogen-bond acceptors (Lipinski definition) is 2. The van der Waals surface area contributed by atoms with Gasteiger partial charge in [0.2, 0.25) is 0 Å². The van der Waals surface area contributed by atoms with Crippen LogP contribution in [0.25, 0.3) is 0 Å². The van der Waals surface area contributed by atoms with Gasteiger partial charge in [-0.15, -0.1) is 0 Å². The van der Waals surface area contributed by atoms with Gasteiger partial charge in [0.05, 0.1) is 11.4 Å². The largest absolute Gasteiger partial charge is 0.260 e. The van der Waals surface area contributed by atoms with Crippen LogP contribution < -0.4 is 0 Å². The van der Waals surface area contributed by atoms with E-state index in [-0.39, 0.29) is 0 Å². The molecule has 0 saturated heterocycles. The second-order valence-electron chi connectivity index (χ2n) is 3.70. The summed E-state index contributed by atoms with van der Waals surface area (Å²) in [7, 11) is 0. The zero-order valence-corrected chi connectivity index (χ0v) is 9.62. The fourth-order valence-corrected chi connectivity index (χ4v) is 1.22. The predicted octanol–water partition coefficient (Wildman–Crippen LogP) is 3.47. The lowest BCUT2D eigenvalue weighted by Gasteiger charge is -2.14. The van der Waals surface area contributed by atoms with Gasteiger partial charge < -0.3 is 0 Å². The molecule has 0 radical (unpaired) electrons. The first-order valence-corrected chi connectivity index (χ1v) is 4.92. The molecule has 0 atom stereocenters. The molecule has 0 amide bonds. The molecular weight excluding hydrogens is 172 g/mol. The Labute approximate surface area is 87.2 Å². The number of aliphatic imine (C=N–C) groups is 2. The minimum atomic E-state index is 0.356. The SMILES string of the molecule is C=CN=C(C(=NC=C)C(C)C)C(C)C. The molecule has 14 heavy (non-hydrogen) atoms. The van der Waals surface area contributed by atoms with Gasteiger partial charge in [-0.05, 0) is 11.8 Å². The Hall–Kier alpha value is -1.18. The van der Waals surface area contributed by atoms with Crippen LogP contribution in [-0.4, -0.2) is 11.4 Å². The summed E-state index contributed by atoms with van der Waals surface area (Å²) in [6.07, 6.45) is 3.13. The summed E-state index contributed by atoms with van der Waals surface area (Å²) in [6.45, 7) is 15.6. The minimum Gasteiger partial charge on any atom is -0.260 e. The molecule has 78 valence electrons. The first-order valence-electron chi connectivity index (χ1n) is 4.92. The van der Waals surface area contributed by atoms with E-state index >= 15 is 0 Å². The van der Waals surface area contributed by atoms with Crippen molar-refractivity contribution in [3.8, 4) is 0 Å². The van der Waals surface area contributed by atoms with E-state index in [0.717, 1.165) is 11.4 Å². The average Bonchev–Trinajstić information content (AvgIpc) is 2.10. The summed E-state index contributed by atoms with van der Waals surface area (Å²) in [4.78, 5) is 8.53. The van der Waals surface area contributed by atoms with Gasteiger partial charge in [0.25, 0.3) is 0 Å². The Morgan fingerprint density at radius 2 is 1.14 bits per heavy atom. The summed E-state index contributed by atoms with van der Waals surface area (Å²) < 4.78 is 0. The molecule has 0 saturated carbocycles. The molecule has 0 spiro atoms. The highest BCUT2D eigenvalue weighted by Gasteiger charge is 2.15. The molecule has 0 aromatic heterocycles. The van der Waals surface area contributed by atoms with E-state index in [1.807, 2.05) is 0 Å². The lowest BCUT2D eigenvalue weighted by atomic mass is 9.95. The van der Waals surface area contributed by atoms with Gasteiger partial charge in [-0.2, -0.15) is 0 Å². The molecule has 0 aromatic rings. The maximum atomic E-state index is 4.27. The summed E-state index contributed by atoms with van der Waals surface area (Å²) in [5, 5.41) is 0. The third-order valence-electron chi connectivity index (χ3n) is 1.82. The standard InChI is InChI=1S/C12H20N2/c1-7-13-11(9(3)4)12(10(5)6)14-8-2/h7-10H,1-2H2,3-6H3. The first-order chi connectivity index (χ1) is 6.54. The topological polar surface area (TPSA) is 24.7 Å². The molecule has 0 aliphatic carbocycles. The normalized spacial score (nSPS) is 13.6. The van der Waals surface area contributed by atoms with Crippen LogP contribution in [0.5, 0.6) is 0 Å². The molecule has 0 aromatic carbocycles. The van der Waals surface area contributed by atoms with Crippen LogP contribution >= 0.6 is 0 Å². The van der Waals surface area contributed by atoms with E-state index in [1.54, 1.807) is 12.4 Å². The molecule has 0 rings (SSSR count). The Morgan fingerprint density at radius 1 is 0.857 bits per heavy atom. The van der Waals surface area contributed by atoms with Crippen LogP contribution in [0.15, 0.2) is 35.5 Å². The smallest absolute Gasteiger partial charge is 0.0645 e. The molecule has 0 N–H and O–H groups in total. The van der Waals surface area contributed by atoms with Crippen LogP contribution in [0.4, 0.5) is 0 Å². The van der Waals surface area contributed by atoms with Crippen molar-refractivity contribution in [1.82, 2.24) is 0 Å². The molecule has 0 heterocycles. The third kappa shape index (κ3) is 3.69. The van der Waals surface area contributed by atoms with Crippen molar-refractivity contribution in [3.63, 3.8) is 0 Å². The van der Waals surface area contributed by atoms with E-state index in [4.69, 9.17) is 0 Å². The second-order valence-corrected chi connectivity index (χ2v) is 3.70. The molecule has 0 aliphatic rings. The van der Waals surface area contributed by atoms with Crippen LogP contribution in [0, 0.1) is 11.8 Å². The minimum absolute atomic E-state index is 0.356. The first kappa shape index (κ1) is 12.8. The maximum Gasteiger partial charge on any atom is 0.0645 e. The second kappa shape index (κ2) is 6.30. The van der Waals surface area contributed by atoms with Gasteiger partial charge in [-0.1, -0.05) is 40.9 Å². The van der Waals surface area contributed by atoms with Crippen LogP contribution in [0.3, 0.4) is 0 Å². The predicted molar refractivity (Wildman–Crippen MR) is 64.9 cm³/mol. The number of hydrogen-bond donors (Lipinski definition) is 0. The Kier molecular flexibility index (Phi) is 5.77. The molecule has 0 unspecified atom stereocenters. The highest BCUT2D eigenvalue weighted by molar-refractivity contribution is 6.43. The monoisotopic (exact) mass is 192 g/mol. The van der Waals surface area contributed by atoms with Gasteiger partial charge in [0.15, 0.2) is 0 Å². The Morgan fingerprint density at radius 3 is 1.29 bits per heavy atom. The lowest BCUT2D eigenvalue weighted by molar-refractivity contribution is 0.854. The number of nitrogens with zero attached hydrogens (tertiary/aromatic N) is 2. The van der Waals surface area contributed by atoms with Gasteiger partial charge in [-0.3, -0.25) is 9.98 Å². The molecule has 0 fully saturated rings. The van der Waals surface area contributed by atoms with Crippen molar-refractivity contribution in [2.45, 2.75) is 27.7 Å². The van der Waals surface area contributed by atoms with E-state index < -0.39 is 0 Å². The summed E-state index contributed by atoms with van der Waals surface area (Å²) in [6, 6.07) is 0. The van der Waals surface area contributed by atoms with Gasteiger partial charge in [0.1, 0.15) is 0 Å². The molecule has 0 bridgehead atoms. The third-order valence-corrected chi connectivity index (χ3v) is 1.82. The average molecular weight is 192 g/mol. The number of rotatable bonds is 5. The van der Waals surface area contributed by atoms with Crippen molar-refractivity contribution in [2.24, 2.45) is 21.8 Å². The van der Waals surface area contributed by atoms with Crippen molar-refractivity contribution >= 4 is 11.4 Å². The quantitative estimate of drug-likeness (QED) is 0.596. The highest BCUT2D eigenvalue weighted by atomic mass is 14.8. The van der Waals surface area contributed by atoms with E-state index in [9.17, 15) is 0 Å². The van der Waals surface area contributed by atoms with Crippen molar-refractivity contribution in [2.75, 3.05) is 0 Å². The van der Waals surface area contributed by atoms with Crippen molar-refractivity contribution < 1.29 is 0 Å². The summed E-state index contributed by atoms with van der Waals surface area (Å²) in [5.41, 5.74) is 1.99.